The van der Waals surface area contributed by atoms with Crippen LogP contribution >= 0.6 is 11.6 Å². The van der Waals surface area contributed by atoms with E-state index in [1.807, 2.05) is 26.0 Å². The van der Waals surface area contributed by atoms with E-state index in [1.54, 1.807) is 24.0 Å². The molecule has 0 spiro atoms. The summed E-state index contributed by atoms with van der Waals surface area (Å²) >= 11 is 5.92. The Hall–Kier alpha value is -1.59. The standard InChI is InChI=1S/C19H27ClN2O3/c1-13(2)19(24)22(12-15-6-8-16(20)9-7-15)14(3)18(23)21-11-17-5-4-10-25-17/h6-9,13-14,17H,4-5,10-12H2,1-3H3,(H,21,23)/t14-,17+/m1/s1. The van der Waals surface area contributed by atoms with E-state index >= 15 is 0 Å². The zero-order valence-electron chi connectivity index (χ0n) is 15.1. The highest BCUT2D eigenvalue weighted by molar-refractivity contribution is 6.30. The summed E-state index contributed by atoms with van der Waals surface area (Å²) in [5.74, 6) is -0.381. The Kier molecular flexibility index (Phi) is 7.26. The highest BCUT2D eigenvalue weighted by Gasteiger charge is 2.28. The SMILES string of the molecule is CC(C)C(=O)N(Cc1ccc(Cl)cc1)[C@H](C)C(=O)NC[C@@H]1CCCO1. The summed E-state index contributed by atoms with van der Waals surface area (Å²) in [4.78, 5) is 26.8. The Morgan fingerprint density at radius 2 is 1.96 bits per heavy atom. The molecule has 2 atom stereocenters. The van der Waals surface area contributed by atoms with E-state index in [9.17, 15) is 9.59 Å². The molecule has 1 heterocycles. The maximum atomic E-state index is 12.6. The molecule has 0 bridgehead atoms. The lowest BCUT2D eigenvalue weighted by atomic mass is 10.1. The summed E-state index contributed by atoms with van der Waals surface area (Å²) in [6, 6.07) is 6.78. The minimum absolute atomic E-state index is 0.0466. The third kappa shape index (κ3) is 5.72. The van der Waals surface area contributed by atoms with Crippen LogP contribution in [0.4, 0.5) is 0 Å². The number of rotatable bonds is 7. The molecule has 1 saturated heterocycles. The Balaban J connectivity index is 2.03. The van der Waals surface area contributed by atoms with Gasteiger partial charge in [0.2, 0.25) is 11.8 Å². The smallest absolute Gasteiger partial charge is 0.242 e. The van der Waals surface area contributed by atoms with Crippen LogP contribution in [-0.4, -0.2) is 42.0 Å². The maximum Gasteiger partial charge on any atom is 0.242 e. The first-order chi connectivity index (χ1) is 11.9. The third-order valence-corrected chi connectivity index (χ3v) is 4.67. The summed E-state index contributed by atoms with van der Waals surface area (Å²) in [7, 11) is 0. The molecular weight excluding hydrogens is 340 g/mol. The van der Waals surface area contributed by atoms with Crippen LogP contribution in [0.5, 0.6) is 0 Å². The van der Waals surface area contributed by atoms with Crippen LogP contribution in [-0.2, 0) is 20.9 Å². The Morgan fingerprint density at radius 3 is 2.52 bits per heavy atom. The number of nitrogens with one attached hydrogen (secondary N) is 1. The minimum Gasteiger partial charge on any atom is -0.376 e. The molecule has 6 heteroatoms. The summed E-state index contributed by atoms with van der Waals surface area (Å²) in [6.45, 7) is 7.07. The zero-order chi connectivity index (χ0) is 18.4. The number of carbonyl (C=O) groups is 2. The predicted octanol–water partition coefficient (Wildman–Crippen LogP) is 3.01. The lowest BCUT2D eigenvalue weighted by Crippen LogP contribution is -2.50. The number of nitrogens with zero attached hydrogens (tertiary/aromatic N) is 1. The molecule has 1 aromatic carbocycles. The van der Waals surface area contributed by atoms with Gasteiger partial charge in [0, 0.05) is 30.6 Å². The van der Waals surface area contributed by atoms with Crippen LogP contribution in [0.1, 0.15) is 39.2 Å². The van der Waals surface area contributed by atoms with Gasteiger partial charge in [-0.2, -0.15) is 0 Å². The van der Waals surface area contributed by atoms with Crippen molar-refractivity contribution in [2.45, 2.75) is 52.3 Å². The molecule has 1 fully saturated rings. The van der Waals surface area contributed by atoms with Crippen molar-refractivity contribution in [1.82, 2.24) is 10.2 Å². The second-order valence-corrected chi connectivity index (χ2v) is 7.24. The first kappa shape index (κ1) is 19.7. The van der Waals surface area contributed by atoms with Crippen LogP contribution in [0.3, 0.4) is 0 Å². The molecule has 5 nitrogen and oxygen atoms in total. The molecule has 1 N–H and O–H groups in total. The van der Waals surface area contributed by atoms with Crippen molar-refractivity contribution < 1.29 is 14.3 Å². The molecule has 1 aromatic rings. The average Bonchev–Trinajstić information content (AvgIpc) is 3.11. The van der Waals surface area contributed by atoms with Crippen molar-refractivity contribution in [3.8, 4) is 0 Å². The lowest BCUT2D eigenvalue weighted by Gasteiger charge is -2.30. The average molecular weight is 367 g/mol. The van der Waals surface area contributed by atoms with Crippen LogP contribution in [0.2, 0.25) is 5.02 Å². The third-order valence-electron chi connectivity index (χ3n) is 4.42. The molecule has 0 aliphatic carbocycles. The molecule has 25 heavy (non-hydrogen) atoms. The summed E-state index contributed by atoms with van der Waals surface area (Å²) in [5.41, 5.74) is 0.942. The van der Waals surface area contributed by atoms with Crippen molar-refractivity contribution in [1.29, 1.82) is 0 Å². The Bertz CT molecular complexity index is 583. The lowest BCUT2D eigenvalue weighted by molar-refractivity contribution is -0.143. The van der Waals surface area contributed by atoms with Crippen LogP contribution in [0.15, 0.2) is 24.3 Å². The molecule has 0 unspecified atom stereocenters. The summed E-state index contributed by atoms with van der Waals surface area (Å²) < 4.78 is 5.53. The minimum atomic E-state index is -0.549. The molecule has 2 amide bonds. The molecule has 0 radical (unpaired) electrons. The van der Waals surface area contributed by atoms with Gasteiger partial charge in [0.15, 0.2) is 0 Å². The van der Waals surface area contributed by atoms with Crippen molar-refractivity contribution >= 4 is 23.4 Å². The number of ether oxygens (including phenoxy) is 1. The number of carbonyl (C=O) groups excluding carboxylic acids is 2. The largest absolute Gasteiger partial charge is 0.376 e. The number of benzene rings is 1. The number of hydrogen-bond donors (Lipinski definition) is 1. The van der Waals surface area contributed by atoms with E-state index < -0.39 is 6.04 Å². The fourth-order valence-corrected chi connectivity index (χ4v) is 2.96. The number of halogens is 1. The van der Waals surface area contributed by atoms with Crippen molar-refractivity contribution in [3.05, 3.63) is 34.9 Å². The van der Waals surface area contributed by atoms with Crippen LogP contribution in [0.25, 0.3) is 0 Å². The van der Waals surface area contributed by atoms with E-state index in [4.69, 9.17) is 16.3 Å². The fourth-order valence-electron chi connectivity index (χ4n) is 2.83. The van der Waals surface area contributed by atoms with Gasteiger partial charge in [-0.25, -0.2) is 0 Å². The molecule has 138 valence electrons. The maximum absolute atomic E-state index is 12.6. The molecule has 1 aliphatic heterocycles. The molecule has 1 aliphatic rings. The topological polar surface area (TPSA) is 58.6 Å². The van der Waals surface area contributed by atoms with Crippen molar-refractivity contribution in [2.24, 2.45) is 5.92 Å². The second kappa shape index (κ2) is 9.20. The van der Waals surface area contributed by atoms with Gasteiger partial charge < -0.3 is 15.0 Å². The van der Waals surface area contributed by atoms with E-state index in [1.165, 1.54) is 0 Å². The predicted molar refractivity (Wildman–Crippen MR) is 98.3 cm³/mol. The van der Waals surface area contributed by atoms with Crippen LogP contribution < -0.4 is 5.32 Å². The Morgan fingerprint density at radius 1 is 1.28 bits per heavy atom. The molecular formula is C19H27ClN2O3. The quantitative estimate of drug-likeness (QED) is 0.807. The van der Waals surface area contributed by atoms with Crippen molar-refractivity contribution in [3.63, 3.8) is 0 Å². The van der Waals surface area contributed by atoms with Gasteiger partial charge in [-0.3, -0.25) is 9.59 Å². The van der Waals surface area contributed by atoms with Gasteiger partial charge in [-0.05, 0) is 37.5 Å². The highest BCUT2D eigenvalue weighted by atomic mass is 35.5. The van der Waals surface area contributed by atoms with Gasteiger partial charge in [0.25, 0.3) is 0 Å². The fraction of sp³-hybridized carbons (Fsp3) is 0.579. The molecule has 0 saturated carbocycles. The van der Waals surface area contributed by atoms with E-state index in [0.29, 0.717) is 18.1 Å². The van der Waals surface area contributed by atoms with E-state index in [-0.39, 0.29) is 23.8 Å². The van der Waals surface area contributed by atoms with Crippen LogP contribution in [0, 0.1) is 5.92 Å². The van der Waals surface area contributed by atoms with Gasteiger partial charge in [0.1, 0.15) is 6.04 Å². The summed E-state index contributed by atoms with van der Waals surface area (Å²) in [5, 5.41) is 3.56. The summed E-state index contributed by atoms with van der Waals surface area (Å²) in [6.07, 6.45) is 2.08. The van der Waals surface area contributed by atoms with Gasteiger partial charge in [-0.1, -0.05) is 37.6 Å². The normalized spacial score (nSPS) is 18.2. The highest BCUT2D eigenvalue weighted by Crippen LogP contribution is 2.16. The van der Waals surface area contributed by atoms with Gasteiger partial charge in [0.05, 0.1) is 6.10 Å². The first-order valence-electron chi connectivity index (χ1n) is 8.82. The van der Waals surface area contributed by atoms with Gasteiger partial charge in [-0.15, -0.1) is 0 Å². The number of amides is 2. The first-order valence-corrected chi connectivity index (χ1v) is 9.20. The molecule has 0 aromatic heterocycles. The zero-order valence-corrected chi connectivity index (χ0v) is 15.9. The van der Waals surface area contributed by atoms with Crippen molar-refractivity contribution in [2.75, 3.05) is 13.2 Å². The second-order valence-electron chi connectivity index (χ2n) is 6.80. The monoisotopic (exact) mass is 366 g/mol. The van der Waals surface area contributed by atoms with E-state index in [0.717, 1.165) is 25.0 Å². The molecule has 2 rings (SSSR count). The number of hydrogen-bond acceptors (Lipinski definition) is 3. The Labute approximate surface area is 154 Å². The van der Waals surface area contributed by atoms with E-state index in [2.05, 4.69) is 5.32 Å². The van der Waals surface area contributed by atoms with Gasteiger partial charge >= 0.3 is 0 Å².